The molecule has 1 heterocycles. The Hall–Kier alpha value is -0.470. The lowest BCUT2D eigenvalue weighted by Gasteiger charge is -2.01. The minimum Gasteiger partial charge on any atom is -0.326 e. The second-order valence-electron chi connectivity index (χ2n) is 3.22. The van der Waals surface area contributed by atoms with Gasteiger partial charge in [0, 0.05) is 22.1 Å². The third-order valence-corrected chi connectivity index (χ3v) is 4.05. The van der Waals surface area contributed by atoms with Gasteiger partial charge < -0.3 is 5.73 Å². The fourth-order valence-corrected chi connectivity index (χ4v) is 3.35. The molecule has 0 bridgehead atoms. The Morgan fingerprint density at radius 1 is 1.27 bits per heavy atom. The van der Waals surface area contributed by atoms with E-state index in [1.165, 1.54) is 10.5 Å². The third kappa shape index (κ3) is 0.664. The molecular weight excluding hydrogens is 154 g/mol. The number of fused-ring (bicyclic) bond motifs is 3. The molecule has 2 heteroatoms. The Morgan fingerprint density at radius 2 is 2.09 bits per heavy atom. The minimum absolute atomic E-state index is 0.440. The number of hydrogen-bond acceptors (Lipinski definition) is 2. The normalized spacial score (nSPS) is 38.1. The van der Waals surface area contributed by atoms with Crippen molar-refractivity contribution in [3.05, 3.63) is 29.8 Å². The molecule has 1 saturated carbocycles. The van der Waals surface area contributed by atoms with Gasteiger partial charge in [0.05, 0.1) is 0 Å². The van der Waals surface area contributed by atoms with E-state index in [1.807, 2.05) is 11.8 Å². The number of rotatable bonds is 0. The lowest BCUT2D eigenvalue weighted by Crippen LogP contribution is -2.06. The second-order valence-corrected chi connectivity index (χ2v) is 4.44. The lowest BCUT2D eigenvalue weighted by atomic mass is 10.1. The molecule has 1 nitrogen and oxygen atoms in total. The van der Waals surface area contributed by atoms with Gasteiger partial charge in [-0.3, -0.25) is 0 Å². The summed E-state index contributed by atoms with van der Waals surface area (Å²) < 4.78 is 0. The molecule has 11 heavy (non-hydrogen) atoms. The molecule has 3 unspecified atom stereocenters. The highest BCUT2D eigenvalue weighted by molar-refractivity contribution is 8.00. The van der Waals surface area contributed by atoms with Crippen LogP contribution in [0.2, 0.25) is 0 Å². The fourth-order valence-electron chi connectivity index (χ4n) is 1.85. The molecule has 1 fully saturated rings. The van der Waals surface area contributed by atoms with Crippen molar-refractivity contribution >= 4 is 11.8 Å². The first kappa shape index (κ1) is 6.09. The van der Waals surface area contributed by atoms with Crippen LogP contribution in [0.1, 0.15) is 11.5 Å². The summed E-state index contributed by atoms with van der Waals surface area (Å²) in [6, 6.07) is 9.04. The molecule has 0 radical (unpaired) electrons. The zero-order chi connectivity index (χ0) is 7.42. The molecule has 0 aromatic heterocycles. The van der Waals surface area contributed by atoms with Gasteiger partial charge in [0.25, 0.3) is 0 Å². The number of benzene rings is 1. The number of nitrogens with two attached hydrogens (primary N) is 1. The van der Waals surface area contributed by atoms with Gasteiger partial charge in [0.2, 0.25) is 0 Å². The van der Waals surface area contributed by atoms with Crippen molar-refractivity contribution in [2.45, 2.75) is 22.1 Å². The van der Waals surface area contributed by atoms with Crippen LogP contribution in [0.3, 0.4) is 0 Å². The molecular formula is C9H9NS. The van der Waals surface area contributed by atoms with Crippen LogP contribution in [0, 0.1) is 0 Å². The van der Waals surface area contributed by atoms with Crippen molar-refractivity contribution in [1.82, 2.24) is 0 Å². The number of hydrogen-bond donors (Lipinski definition) is 1. The Kier molecular flexibility index (Phi) is 1.01. The van der Waals surface area contributed by atoms with Crippen LogP contribution < -0.4 is 5.73 Å². The highest BCUT2D eigenvalue weighted by atomic mass is 32.2. The van der Waals surface area contributed by atoms with Crippen molar-refractivity contribution in [2.75, 3.05) is 0 Å². The van der Waals surface area contributed by atoms with Crippen LogP contribution in [-0.2, 0) is 0 Å². The SMILES string of the molecule is NC1C2Sc3ccccc3C12. The van der Waals surface area contributed by atoms with E-state index in [9.17, 15) is 0 Å². The second kappa shape index (κ2) is 1.82. The van der Waals surface area contributed by atoms with Crippen molar-refractivity contribution in [3.63, 3.8) is 0 Å². The van der Waals surface area contributed by atoms with Gasteiger partial charge in [0.15, 0.2) is 0 Å². The summed E-state index contributed by atoms with van der Waals surface area (Å²) in [6.07, 6.45) is 0. The summed E-state index contributed by atoms with van der Waals surface area (Å²) in [6.45, 7) is 0. The van der Waals surface area contributed by atoms with E-state index in [2.05, 4.69) is 24.3 Å². The number of thioether (sulfide) groups is 1. The molecule has 1 aliphatic carbocycles. The standard InChI is InChI=1S/C9H9NS/c10-8-7-5-3-1-2-4-6(5)11-9(7)8/h1-4,7-9H,10H2. The Labute approximate surface area is 70.0 Å². The first-order chi connectivity index (χ1) is 5.38. The summed E-state index contributed by atoms with van der Waals surface area (Å²) in [5, 5.41) is 0.701. The van der Waals surface area contributed by atoms with Crippen molar-refractivity contribution < 1.29 is 0 Å². The molecule has 0 spiro atoms. The van der Waals surface area contributed by atoms with Crippen LogP contribution >= 0.6 is 11.8 Å². The summed E-state index contributed by atoms with van der Waals surface area (Å²) in [5.74, 6) is 0.677. The van der Waals surface area contributed by atoms with E-state index >= 15 is 0 Å². The van der Waals surface area contributed by atoms with Gasteiger partial charge in [-0.05, 0) is 11.6 Å². The lowest BCUT2D eigenvalue weighted by molar-refractivity contribution is 0.966. The summed E-state index contributed by atoms with van der Waals surface area (Å²) in [7, 11) is 0. The Morgan fingerprint density at radius 3 is 3.00 bits per heavy atom. The Balaban J connectivity index is 2.13. The van der Waals surface area contributed by atoms with E-state index in [4.69, 9.17) is 5.73 Å². The summed E-state index contributed by atoms with van der Waals surface area (Å²) >= 11 is 1.95. The van der Waals surface area contributed by atoms with Crippen LogP contribution in [-0.4, -0.2) is 11.3 Å². The monoisotopic (exact) mass is 163 g/mol. The molecule has 1 aromatic carbocycles. The topological polar surface area (TPSA) is 26.0 Å². The van der Waals surface area contributed by atoms with Gasteiger partial charge in [-0.15, -0.1) is 11.8 Å². The van der Waals surface area contributed by atoms with Crippen LogP contribution in [0.15, 0.2) is 29.2 Å². The molecule has 2 aliphatic rings. The van der Waals surface area contributed by atoms with E-state index in [1.54, 1.807) is 0 Å². The zero-order valence-electron chi connectivity index (χ0n) is 6.03. The minimum atomic E-state index is 0.440. The third-order valence-electron chi connectivity index (χ3n) is 2.55. The molecule has 1 aliphatic heterocycles. The van der Waals surface area contributed by atoms with Gasteiger partial charge in [-0.25, -0.2) is 0 Å². The molecule has 0 saturated heterocycles. The maximum Gasteiger partial charge on any atom is 0.0337 e. The Bertz CT molecular complexity index is 310. The molecule has 1 aromatic rings. The van der Waals surface area contributed by atoms with Crippen molar-refractivity contribution in [2.24, 2.45) is 5.73 Å². The van der Waals surface area contributed by atoms with E-state index < -0.39 is 0 Å². The predicted molar refractivity (Wildman–Crippen MR) is 46.8 cm³/mol. The van der Waals surface area contributed by atoms with Crippen LogP contribution in [0.5, 0.6) is 0 Å². The average Bonchev–Trinajstić information content (AvgIpc) is 2.55. The van der Waals surface area contributed by atoms with E-state index in [0.717, 1.165) is 0 Å². The predicted octanol–water partition coefficient (Wildman–Crippen LogP) is 1.59. The highest BCUT2D eigenvalue weighted by Crippen LogP contribution is 2.59. The fraction of sp³-hybridized carbons (Fsp3) is 0.333. The molecule has 2 N–H and O–H groups in total. The smallest absolute Gasteiger partial charge is 0.0337 e. The van der Waals surface area contributed by atoms with Gasteiger partial charge >= 0.3 is 0 Å². The molecule has 0 amide bonds. The maximum atomic E-state index is 5.87. The first-order valence-electron chi connectivity index (χ1n) is 3.89. The average molecular weight is 163 g/mol. The van der Waals surface area contributed by atoms with Crippen molar-refractivity contribution in [1.29, 1.82) is 0 Å². The van der Waals surface area contributed by atoms with E-state index in [-0.39, 0.29) is 0 Å². The summed E-state index contributed by atoms with van der Waals surface area (Å²) in [5.41, 5.74) is 7.35. The quantitative estimate of drug-likeness (QED) is 0.628. The molecule has 3 atom stereocenters. The molecule has 56 valence electrons. The largest absolute Gasteiger partial charge is 0.326 e. The van der Waals surface area contributed by atoms with Gasteiger partial charge in [-0.1, -0.05) is 18.2 Å². The van der Waals surface area contributed by atoms with Crippen LogP contribution in [0.4, 0.5) is 0 Å². The highest BCUT2D eigenvalue weighted by Gasteiger charge is 2.54. The summed E-state index contributed by atoms with van der Waals surface area (Å²) in [4.78, 5) is 1.45. The van der Waals surface area contributed by atoms with Gasteiger partial charge in [-0.2, -0.15) is 0 Å². The van der Waals surface area contributed by atoms with E-state index in [0.29, 0.717) is 17.2 Å². The van der Waals surface area contributed by atoms with Gasteiger partial charge in [0.1, 0.15) is 0 Å². The molecule has 3 rings (SSSR count). The van der Waals surface area contributed by atoms with Crippen LogP contribution in [0.25, 0.3) is 0 Å². The maximum absolute atomic E-state index is 5.87. The zero-order valence-corrected chi connectivity index (χ0v) is 6.84. The first-order valence-corrected chi connectivity index (χ1v) is 4.77. The van der Waals surface area contributed by atoms with Crippen molar-refractivity contribution in [3.8, 4) is 0 Å².